The van der Waals surface area contributed by atoms with Gasteiger partial charge in [0.1, 0.15) is 0 Å². The number of hydrogen-bond acceptors (Lipinski definition) is 0. The largest absolute Gasteiger partial charge is 0.460 e. The van der Waals surface area contributed by atoms with Crippen LogP contribution in [0.1, 0.15) is 6.92 Å². The molecule has 1 atom stereocenters. The summed E-state index contributed by atoms with van der Waals surface area (Å²) in [6.07, 6.45) is -11.4. The van der Waals surface area contributed by atoms with Crippen molar-refractivity contribution in [3.8, 4) is 0 Å². The lowest BCUT2D eigenvalue weighted by Gasteiger charge is -2.37. The molecule has 116 valence electrons. The van der Waals surface area contributed by atoms with Crippen molar-refractivity contribution in [3.63, 3.8) is 0 Å². The van der Waals surface area contributed by atoms with Gasteiger partial charge in [-0.15, -0.1) is 0 Å². The van der Waals surface area contributed by atoms with Crippen molar-refractivity contribution in [3.05, 3.63) is 0 Å². The molecular formula is C7H4Cl2F10. The molecule has 0 heterocycles. The highest BCUT2D eigenvalue weighted by molar-refractivity contribution is 6.48. The van der Waals surface area contributed by atoms with Crippen LogP contribution in [0.4, 0.5) is 43.9 Å². The van der Waals surface area contributed by atoms with Crippen LogP contribution in [-0.4, -0.2) is 34.4 Å². The molecule has 0 rings (SSSR count). The van der Waals surface area contributed by atoms with Crippen LogP contribution in [0.15, 0.2) is 0 Å². The lowest BCUT2D eigenvalue weighted by atomic mass is 9.98. The van der Waals surface area contributed by atoms with E-state index in [0.29, 0.717) is 0 Å². The van der Waals surface area contributed by atoms with Gasteiger partial charge in [0.2, 0.25) is 6.17 Å². The van der Waals surface area contributed by atoms with Crippen molar-refractivity contribution >= 4 is 23.2 Å². The zero-order valence-corrected chi connectivity index (χ0v) is 10.1. The van der Waals surface area contributed by atoms with Gasteiger partial charge in [-0.05, 0) is 6.92 Å². The third kappa shape index (κ3) is 2.98. The van der Waals surface area contributed by atoms with E-state index in [9.17, 15) is 43.9 Å². The fourth-order valence-corrected chi connectivity index (χ4v) is 1.14. The first-order valence-electron chi connectivity index (χ1n) is 4.12. The lowest BCUT2D eigenvalue weighted by Crippen LogP contribution is -2.65. The van der Waals surface area contributed by atoms with E-state index in [2.05, 4.69) is 23.2 Å². The van der Waals surface area contributed by atoms with Gasteiger partial charge >= 0.3 is 23.9 Å². The SMILES string of the molecule is CC(Cl)(Cl)C(F)C(F)(F)C(F)(F)C(F)(F)C(F)(F)F. The summed E-state index contributed by atoms with van der Waals surface area (Å²) >= 11 is 9.38. The number of alkyl halides is 12. The van der Waals surface area contributed by atoms with E-state index in [1.807, 2.05) is 0 Å². The Labute approximate surface area is 109 Å². The van der Waals surface area contributed by atoms with E-state index in [-0.39, 0.29) is 6.92 Å². The monoisotopic (exact) mass is 348 g/mol. The van der Waals surface area contributed by atoms with E-state index < -0.39 is 34.4 Å². The first-order valence-corrected chi connectivity index (χ1v) is 4.88. The molecule has 19 heavy (non-hydrogen) atoms. The molecule has 0 fully saturated rings. The third-order valence-corrected chi connectivity index (χ3v) is 2.32. The Balaban J connectivity index is 5.78. The maximum atomic E-state index is 12.9. The molecule has 0 spiro atoms. The second-order valence-corrected chi connectivity index (χ2v) is 5.35. The van der Waals surface area contributed by atoms with Crippen molar-refractivity contribution in [2.45, 2.75) is 41.4 Å². The smallest absolute Gasteiger partial charge is 0.237 e. The van der Waals surface area contributed by atoms with Crippen molar-refractivity contribution < 1.29 is 43.9 Å². The van der Waals surface area contributed by atoms with Crippen LogP contribution in [-0.2, 0) is 0 Å². The molecule has 0 radical (unpaired) electrons. The van der Waals surface area contributed by atoms with Crippen molar-refractivity contribution in [1.82, 2.24) is 0 Å². The second kappa shape index (κ2) is 4.71. The van der Waals surface area contributed by atoms with Gasteiger partial charge in [-0.2, -0.15) is 39.5 Å². The first-order chi connectivity index (χ1) is 7.90. The van der Waals surface area contributed by atoms with Gasteiger partial charge in [0, 0.05) is 0 Å². The summed E-state index contributed by atoms with van der Waals surface area (Å²) in [6, 6.07) is 0. The van der Waals surface area contributed by atoms with Crippen LogP contribution in [0.25, 0.3) is 0 Å². The summed E-state index contributed by atoms with van der Waals surface area (Å²) in [4.78, 5) is 0. The average Bonchev–Trinajstić information content (AvgIpc) is 2.12. The summed E-state index contributed by atoms with van der Waals surface area (Å²) in [6.45, 7) is 0.191. The molecule has 0 bridgehead atoms. The fraction of sp³-hybridized carbons (Fsp3) is 1.00. The van der Waals surface area contributed by atoms with E-state index in [4.69, 9.17) is 0 Å². The standard InChI is InChI=1S/C7H4Cl2F10/c1-3(8,9)2(10)4(11,12)5(13,14)6(15,16)7(17,18)19/h2H,1H3. The van der Waals surface area contributed by atoms with E-state index in [1.165, 1.54) is 0 Å². The molecule has 0 saturated heterocycles. The van der Waals surface area contributed by atoms with Crippen molar-refractivity contribution in [2.24, 2.45) is 0 Å². The molecule has 0 aromatic rings. The minimum absolute atomic E-state index is 0.191. The van der Waals surface area contributed by atoms with Gasteiger partial charge in [-0.3, -0.25) is 0 Å². The number of halogens is 12. The molecule has 0 N–H and O–H groups in total. The Kier molecular flexibility index (Phi) is 4.68. The number of rotatable bonds is 4. The quantitative estimate of drug-likeness (QED) is 0.496. The average molecular weight is 349 g/mol. The minimum atomic E-state index is -7.17. The highest BCUT2D eigenvalue weighted by Crippen LogP contribution is 2.56. The molecule has 0 amide bonds. The molecule has 0 aromatic heterocycles. The Morgan fingerprint density at radius 2 is 1.05 bits per heavy atom. The van der Waals surface area contributed by atoms with Crippen LogP contribution in [0.3, 0.4) is 0 Å². The van der Waals surface area contributed by atoms with Crippen LogP contribution < -0.4 is 0 Å². The van der Waals surface area contributed by atoms with Crippen LogP contribution >= 0.6 is 23.2 Å². The summed E-state index contributed by atoms with van der Waals surface area (Å²) < 4.78 is 120. The van der Waals surface area contributed by atoms with E-state index in [1.54, 1.807) is 0 Å². The van der Waals surface area contributed by atoms with E-state index in [0.717, 1.165) is 0 Å². The molecule has 0 aliphatic rings. The van der Waals surface area contributed by atoms with E-state index >= 15 is 0 Å². The Morgan fingerprint density at radius 1 is 0.737 bits per heavy atom. The third-order valence-electron chi connectivity index (χ3n) is 1.93. The molecule has 0 aromatic carbocycles. The van der Waals surface area contributed by atoms with Gasteiger partial charge in [-0.25, -0.2) is 4.39 Å². The molecule has 1 unspecified atom stereocenters. The zero-order valence-electron chi connectivity index (χ0n) is 8.61. The van der Waals surface area contributed by atoms with Gasteiger partial charge in [0.05, 0.1) is 0 Å². The molecule has 0 saturated carbocycles. The summed E-state index contributed by atoms with van der Waals surface area (Å²) in [7, 11) is 0. The fourth-order valence-electron chi connectivity index (χ4n) is 0.865. The predicted molar refractivity (Wildman–Crippen MR) is 45.9 cm³/mol. The zero-order chi connectivity index (χ0) is 16.1. The molecular weight excluding hydrogens is 345 g/mol. The lowest BCUT2D eigenvalue weighted by molar-refractivity contribution is -0.403. The van der Waals surface area contributed by atoms with Gasteiger partial charge in [0.25, 0.3) is 0 Å². The second-order valence-electron chi connectivity index (χ2n) is 3.59. The number of hydrogen-bond donors (Lipinski definition) is 0. The maximum absolute atomic E-state index is 12.9. The Hall–Kier alpha value is -0.120. The molecule has 0 aliphatic carbocycles. The van der Waals surface area contributed by atoms with Gasteiger partial charge in [-0.1, -0.05) is 23.2 Å². The maximum Gasteiger partial charge on any atom is 0.460 e. The van der Waals surface area contributed by atoms with Gasteiger partial charge in [0.15, 0.2) is 4.33 Å². The highest BCUT2D eigenvalue weighted by atomic mass is 35.5. The topological polar surface area (TPSA) is 0 Å². The predicted octanol–water partition coefficient (Wildman–Crippen LogP) is 4.99. The van der Waals surface area contributed by atoms with Crippen LogP contribution in [0.2, 0.25) is 0 Å². The minimum Gasteiger partial charge on any atom is -0.237 e. The van der Waals surface area contributed by atoms with Crippen molar-refractivity contribution in [1.29, 1.82) is 0 Å². The molecule has 0 nitrogen and oxygen atoms in total. The summed E-state index contributed by atoms with van der Waals surface area (Å²) in [5, 5.41) is 0. The van der Waals surface area contributed by atoms with Gasteiger partial charge < -0.3 is 0 Å². The van der Waals surface area contributed by atoms with Crippen LogP contribution in [0.5, 0.6) is 0 Å². The highest BCUT2D eigenvalue weighted by Gasteiger charge is 2.84. The summed E-state index contributed by atoms with van der Waals surface area (Å²) in [5.74, 6) is -20.7. The molecule has 12 heteroatoms. The molecule has 0 aliphatic heterocycles. The van der Waals surface area contributed by atoms with Crippen LogP contribution in [0, 0.1) is 0 Å². The normalized spacial score (nSPS) is 17.5. The first kappa shape index (κ1) is 18.9. The van der Waals surface area contributed by atoms with Crippen molar-refractivity contribution in [2.75, 3.05) is 0 Å². The summed E-state index contributed by atoms with van der Waals surface area (Å²) in [5.41, 5.74) is 0. The Bertz CT molecular complexity index is 328. The Morgan fingerprint density at radius 3 is 1.26 bits per heavy atom.